The van der Waals surface area contributed by atoms with Crippen molar-refractivity contribution in [3.05, 3.63) is 0 Å². The van der Waals surface area contributed by atoms with Crippen LogP contribution in [0.3, 0.4) is 0 Å². The molecule has 1 aliphatic heterocycles. The number of aliphatic carboxylic acids is 1. The van der Waals surface area contributed by atoms with Gasteiger partial charge in [0, 0.05) is 13.1 Å². The van der Waals surface area contributed by atoms with Gasteiger partial charge in [-0.3, -0.25) is 19.7 Å². The highest BCUT2D eigenvalue weighted by molar-refractivity contribution is 8.00. The number of rotatable bonds is 7. The third kappa shape index (κ3) is 5.04. The minimum absolute atomic E-state index is 0.00245. The van der Waals surface area contributed by atoms with Crippen LogP contribution in [-0.2, 0) is 14.4 Å². The summed E-state index contributed by atoms with van der Waals surface area (Å²) < 4.78 is 0. The second kappa shape index (κ2) is 6.84. The van der Waals surface area contributed by atoms with Crippen LogP contribution in [0.4, 0.5) is 4.79 Å². The van der Waals surface area contributed by atoms with E-state index >= 15 is 0 Å². The van der Waals surface area contributed by atoms with E-state index in [9.17, 15) is 19.2 Å². The zero-order valence-electron chi connectivity index (χ0n) is 9.47. The molecule has 9 heteroatoms. The Kier molecular flexibility index (Phi) is 5.43. The first-order valence-corrected chi connectivity index (χ1v) is 6.29. The molecule has 0 bridgehead atoms. The number of carboxylic acids is 1. The first kappa shape index (κ1) is 14.3. The van der Waals surface area contributed by atoms with Crippen LogP contribution in [-0.4, -0.2) is 65.0 Å². The Morgan fingerprint density at radius 2 is 2.11 bits per heavy atom. The van der Waals surface area contributed by atoms with Crippen molar-refractivity contribution in [2.75, 3.05) is 31.1 Å². The van der Waals surface area contributed by atoms with E-state index in [-0.39, 0.29) is 43.0 Å². The number of carbonyl (C=O) groups is 4. The number of thioether (sulfide) groups is 1. The highest BCUT2D eigenvalue weighted by Gasteiger charge is 2.25. The molecule has 3 N–H and O–H groups in total. The summed E-state index contributed by atoms with van der Waals surface area (Å²) in [5, 5.41) is 13.0. The van der Waals surface area contributed by atoms with Crippen molar-refractivity contribution in [2.24, 2.45) is 0 Å². The van der Waals surface area contributed by atoms with Gasteiger partial charge in [0.25, 0.3) is 0 Å². The lowest BCUT2D eigenvalue weighted by Gasteiger charge is -2.13. The molecule has 0 unspecified atom stereocenters. The summed E-state index contributed by atoms with van der Waals surface area (Å²) in [5.41, 5.74) is 0. The smallest absolute Gasteiger partial charge is 0.324 e. The van der Waals surface area contributed by atoms with Crippen LogP contribution in [0.1, 0.15) is 0 Å². The maximum atomic E-state index is 11.2. The lowest BCUT2D eigenvalue weighted by Crippen LogP contribution is -2.37. The lowest BCUT2D eigenvalue weighted by molar-refractivity contribution is -0.133. The molecule has 1 saturated heterocycles. The molecule has 0 atom stereocenters. The monoisotopic (exact) mass is 275 g/mol. The number of nitrogens with one attached hydrogen (secondary N) is 2. The Balaban J connectivity index is 2.10. The zero-order chi connectivity index (χ0) is 13.5. The Morgan fingerprint density at radius 3 is 2.67 bits per heavy atom. The molecule has 100 valence electrons. The van der Waals surface area contributed by atoms with E-state index in [1.807, 2.05) is 0 Å². The number of nitrogens with zero attached hydrogens (tertiary/aromatic N) is 1. The zero-order valence-corrected chi connectivity index (χ0v) is 10.3. The summed E-state index contributed by atoms with van der Waals surface area (Å²) in [4.78, 5) is 44.7. The van der Waals surface area contributed by atoms with Crippen molar-refractivity contribution in [3.63, 3.8) is 0 Å². The summed E-state index contributed by atoms with van der Waals surface area (Å²) >= 11 is 0.994. The van der Waals surface area contributed by atoms with Gasteiger partial charge in [-0.05, 0) is 0 Å². The maximum absolute atomic E-state index is 11.2. The average Bonchev–Trinajstić information content (AvgIpc) is 2.57. The Bertz CT molecular complexity index is 373. The van der Waals surface area contributed by atoms with Gasteiger partial charge in [-0.1, -0.05) is 0 Å². The summed E-state index contributed by atoms with van der Waals surface area (Å²) in [7, 11) is 0. The Morgan fingerprint density at radius 1 is 1.39 bits per heavy atom. The molecule has 8 nitrogen and oxygen atoms in total. The van der Waals surface area contributed by atoms with Gasteiger partial charge in [0.15, 0.2) is 0 Å². The van der Waals surface area contributed by atoms with Crippen molar-refractivity contribution < 1.29 is 24.3 Å². The molecule has 0 spiro atoms. The topological polar surface area (TPSA) is 116 Å². The summed E-state index contributed by atoms with van der Waals surface area (Å²) in [6, 6.07) is -0.463. The van der Waals surface area contributed by atoms with Gasteiger partial charge in [0.2, 0.25) is 11.8 Å². The van der Waals surface area contributed by atoms with Crippen molar-refractivity contribution in [1.29, 1.82) is 0 Å². The standard InChI is InChI=1S/C9H13N3O5S/c13-6-3-12(9(17)11-6)2-1-10-7(14)4-18-5-8(15)16/h1-5H2,(H,10,14)(H,15,16)(H,11,13,17). The van der Waals surface area contributed by atoms with Crippen molar-refractivity contribution in [2.45, 2.75) is 0 Å². The fraction of sp³-hybridized carbons (Fsp3) is 0.556. The summed E-state index contributed by atoms with van der Waals surface area (Å²) in [6.07, 6.45) is 0. The van der Waals surface area contributed by atoms with E-state index in [1.165, 1.54) is 4.90 Å². The number of carbonyl (C=O) groups excluding carboxylic acids is 3. The predicted octanol–water partition coefficient (Wildman–Crippen LogP) is -1.53. The maximum Gasteiger partial charge on any atom is 0.324 e. The van der Waals surface area contributed by atoms with E-state index < -0.39 is 12.0 Å². The van der Waals surface area contributed by atoms with Crippen LogP contribution in [0.5, 0.6) is 0 Å². The predicted molar refractivity (Wildman–Crippen MR) is 63.1 cm³/mol. The van der Waals surface area contributed by atoms with E-state index in [1.54, 1.807) is 0 Å². The van der Waals surface area contributed by atoms with Crippen LogP contribution >= 0.6 is 11.8 Å². The Hall–Kier alpha value is -1.77. The number of carboxylic acid groups (broad SMARTS) is 1. The van der Waals surface area contributed by atoms with Gasteiger partial charge in [0.1, 0.15) is 6.54 Å². The molecule has 0 aromatic rings. The molecule has 1 heterocycles. The normalized spacial score (nSPS) is 14.6. The van der Waals surface area contributed by atoms with Gasteiger partial charge in [-0.25, -0.2) is 4.79 Å². The van der Waals surface area contributed by atoms with Gasteiger partial charge < -0.3 is 15.3 Å². The molecule has 1 aliphatic rings. The first-order chi connectivity index (χ1) is 8.49. The molecule has 1 fully saturated rings. The molecular formula is C9H13N3O5S. The van der Waals surface area contributed by atoms with Gasteiger partial charge >= 0.3 is 12.0 Å². The van der Waals surface area contributed by atoms with E-state index in [4.69, 9.17) is 5.11 Å². The van der Waals surface area contributed by atoms with Crippen molar-refractivity contribution in [1.82, 2.24) is 15.5 Å². The van der Waals surface area contributed by atoms with Crippen LogP contribution < -0.4 is 10.6 Å². The number of amides is 4. The quantitative estimate of drug-likeness (QED) is 0.486. The van der Waals surface area contributed by atoms with Crippen LogP contribution in [0.2, 0.25) is 0 Å². The van der Waals surface area contributed by atoms with E-state index in [0.717, 1.165) is 11.8 Å². The van der Waals surface area contributed by atoms with Crippen LogP contribution in [0, 0.1) is 0 Å². The SMILES string of the molecule is O=C(O)CSCC(=O)NCCN1CC(=O)NC1=O. The fourth-order valence-electron chi connectivity index (χ4n) is 1.28. The van der Waals surface area contributed by atoms with Crippen LogP contribution in [0.25, 0.3) is 0 Å². The Labute approximate surface area is 107 Å². The molecular weight excluding hydrogens is 262 g/mol. The van der Waals surface area contributed by atoms with Gasteiger partial charge in [0.05, 0.1) is 11.5 Å². The van der Waals surface area contributed by atoms with Crippen LogP contribution in [0.15, 0.2) is 0 Å². The first-order valence-electron chi connectivity index (χ1n) is 5.14. The molecule has 4 amide bonds. The summed E-state index contributed by atoms with van der Waals surface area (Å²) in [5.74, 6) is -1.70. The molecule has 0 radical (unpaired) electrons. The second-order valence-corrected chi connectivity index (χ2v) is 4.50. The number of imide groups is 1. The molecule has 0 aliphatic carbocycles. The van der Waals surface area contributed by atoms with Gasteiger partial charge in [-0.15, -0.1) is 11.8 Å². The van der Waals surface area contributed by atoms with Crippen molar-refractivity contribution in [3.8, 4) is 0 Å². The molecule has 18 heavy (non-hydrogen) atoms. The van der Waals surface area contributed by atoms with Gasteiger partial charge in [-0.2, -0.15) is 0 Å². The van der Waals surface area contributed by atoms with E-state index in [0.29, 0.717) is 0 Å². The van der Waals surface area contributed by atoms with Crippen molar-refractivity contribution >= 4 is 35.6 Å². The third-order valence-corrected chi connectivity index (χ3v) is 2.95. The average molecular weight is 275 g/mol. The summed E-state index contributed by atoms with van der Waals surface area (Å²) in [6.45, 7) is 0.475. The number of hydrogen-bond acceptors (Lipinski definition) is 5. The highest BCUT2D eigenvalue weighted by Crippen LogP contribution is 1.99. The largest absolute Gasteiger partial charge is 0.481 e. The highest BCUT2D eigenvalue weighted by atomic mass is 32.2. The third-order valence-electron chi connectivity index (χ3n) is 2.03. The van der Waals surface area contributed by atoms with E-state index in [2.05, 4.69) is 10.6 Å². The molecule has 0 aromatic heterocycles. The molecule has 0 aromatic carbocycles. The number of urea groups is 1. The lowest BCUT2D eigenvalue weighted by atomic mass is 10.5. The molecule has 1 rings (SSSR count). The minimum atomic E-state index is -0.972. The minimum Gasteiger partial charge on any atom is -0.481 e. The number of hydrogen-bond donors (Lipinski definition) is 3. The fourth-order valence-corrected chi connectivity index (χ4v) is 1.84. The molecule has 0 saturated carbocycles. The second-order valence-electron chi connectivity index (χ2n) is 3.51.